The van der Waals surface area contributed by atoms with Crippen molar-refractivity contribution in [3.63, 3.8) is 0 Å². The molecule has 1 heterocycles. The summed E-state index contributed by atoms with van der Waals surface area (Å²) in [5.41, 5.74) is 1.19. The van der Waals surface area contributed by atoms with Crippen molar-refractivity contribution in [3.8, 4) is 0 Å². The standard InChI is InChI=1S/C14H23NO2/c1-3-6-15-8-14-7-13(11(2)17-14)10-16-9-12-4-5-12/h7,12,15H,3-6,8-10H2,1-2H3. The zero-order valence-corrected chi connectivity index (χ0v) is 10.9. The highest BCUT2D eigenvalue weighted by molar-refractivity contribution is 5.19. The van der Waals surface area contributed by atoms with E-state index >= 15 is 0 Å². The van der Waals surface area contributed by atoms with Crippen molar-refractivity contribution in [2.24, 2.45) is 5.92 Å². The molecule has 0 saturated heterocycles. The first kappa shape index (κ1) is 12.7. The minimum atomic E-state index is 0.694. The molecular weight excluding hydrogens is 214 g/mol. The van der Waals surface area contributed by atoms with Gasteiger partial charge in [0, 0.05) is 12.2 Å². The molecule has 1 aromatic heterocycles. The Morgan fingerprint density at radius 1 is 1.47 bits per heavy atom. The average molecular weight is 237 g/mol. The summed E-state index contributed by atoms with van der Waals surface area (Å²) in [5, 5.41) is 3.34. The van der Waals surface area contributed by atoms with Crippen LogP contribution >= 0.6 is 0 Å². The van der Waals surface area contributed by atoms with Gasteiger partial charge >= 0.3 is 0 Å². The molecule has 1 aromatic rings. The molecule has 96 valence electrons. The van der Waals surface area contributed by atoms with Crippen LogP contribution in [0.4, 0.5) is 0 Å². The van der Waals surface area contributed by atoms with Crippen LogP contribution in [0.25, 0.3) is 0 Å². The minimum Gasteiger partial charge on any atom is -0.465 e. The van der Waals surface area contributed by atoms with E-state index in [1.165, 1.54) is 18.4 Å². The molecule has 3 nitrogen and oxygen atoms in total. The lowest BCUT2D eigenvalue weighted by Crippen LogP contribution is -2.13. The molecular formula is C14H23NO2. The molecule has 0 aliphatic heterocycles. The van der Waals surface area contributed by atoms with Crippen molar-refractivity contribution >= 4 is 0 Å². The third kappa shape index (κ3) is 4.17. The molecule has 1 fully saturated rings. The summed E-state index contributed by atoms with van der Waals surface area (Å²) >= 11 is 0. The van der Waals surface area contributed by atoms with Gasteiger partial charge in [0.1, 0.15) is 11.5 Å². The highest BCUT2D eigenvalue weighted by Crippen LogP contribution is 2.29. The molecule has 0 aromatic carbocycles. The SMILES string of the molecule is CCCNCc1cc(COCC2CC2)c(C)o1. The Bertz CT molecular complexity index is 342. The number of aryl methyl sites for hydroxylation is 1. The topological polar surface area (TPSA) is 34.4 Å². The first-order valence-electron chi connectivity index (χ1n) is 6.66. The number of furan rings is 1. The average Bonchev–Trinajstić information content (AvgIpc) is 3.05. The third-order valence-electron chi connectivity index (χ3n) is 3.11. The lowest BCUT2D eigenvalue weighted by molar-refractivity contribution is 0.110. The Hall–Kier alpha value is -0.800. The largest absolute Gasteiger partial charge is 0.465 e. The van der Waals surface area contributed by atoms with Gasteiger partial charge in [0.2, 0.25) is 0 Å². The summed E-state index contributed by atoms with van der Waals surface area (Å²) in [6.45, 7) is 7.63. The molecule has 3 heteroatoms. The highest BCUT2D eigenvalue weighted by atomic mass is 16.5. The second kappa shape index (κ2) is 6.22. The Labute approximate surface area is 104 Å². The number of ether oxygens (including phenoxy) is 1. The molecule has 1 N–H and O–H groups in total. The van der Waals surface area contributed by atoms with E-state index in [1.54, 1.807) is 0 Å². The fourth-order valence-corrected chi connectivity index (χ4v) is 1.83. The molecule has 0 radical (unpaired) electrons. The predicted octanol–water partition coefficient (Wildman–Crippen LogP) is 3.01. The molecule has 17 heavy (non-hydrogen) atoms. The summed E-state index contributed by atoms with van der Waals surface area (Å²) in [6.07, 6.45) is 3.84. The lowest BCUT2D eigenvalue weighted by atomic mass is 10.2. The van der Waals surface area contributed by atoms with Crippen LogP contribution in [0.3, 0.4) is 0 Å². The highest BCUT2D eigenvalue weighted by Gasteiger charge is 2.21. The Morgan fingerprint density at radius 2 is 2.29 bits per heavy atom. The molecule has 0 unspecified atom stereocenters. The molecule has 0 spiro atoms. The van der Waals surface area contributed by atoms with Crippen molar-refractivity contribution in [1.29, 1.82) is 0 Å². The second-order valence-corrected chi connectivity index (χ2v) is 4.93. The molecule has 2 rings (SSSR count). The second-order valence-electron chi connectivity index (χ2n) is 4.93. The maximum atomic E-state index is 5.69. The van der Waals surface area contributed by atoms with Gasteiger partial charge in [-0.05, 0) is 44.7 Å². The van der Waals surface area contributed by atoms with Crippen molar-refractivity contribution in [3.05, 3.63) is 23.2 Å². The van der Waals surface area contributed by atoms with Crippen molar-refractivity contribution in [1.82, 2.24) is 5.32 Å². The van der Waals surface area contributed by atoms with E-state index in [0.717, 1.165) is 43.6 Å². The van der Waals surface area contributed by atoms with E-state index in [2.05, 4.69) is 18.3 Å². The maximum absolute atomic E-state index is 5.69. The van der Waals surface area contributed by atoms with Gasteiger partial charge in [-0.3, -0.25) is 0 Å². The van der Waals surface area contributed by atoms with E-state index in [1.807, 2.05) is 6.92 Å². The summed E-state index contributed by atoms with van der Waals surface area (Å²) < 4.78 is 11.4. The van der Waals surface area contributed by atoms with Crippen molar-refractivity contribution < 1.29 is 9.15 Å². The summed E-state index contributed by atoms with van der Waals surface area (Å²) in [4.78, 5) is 0. The summed E-state index contributed by atoms with van der Waals surface area (Å²) in [7, 11) is 0. The van der Waals surface area contributed by atoms with Crippen LogP contribution in [-0.4, -0.2) is 13.2 Å². The van der Waals surface area contributed by atoms with Gasteiger partial charge in [-0.15, -0.1) is 0 Å². The fraction of sp³-hybridized carbons (Fsp3) is 0.714. The Morgan fingerprint density at radius 3 is 3.00 bits per heavy atom. The number of nitrogens with one attached hydrogen (secondary N) is 1. The Balaban J connectivity index is 1.75. The van der Waals surface area contributed by atoms with Gasteiger partial charge in [-0.1, -0.05) is 6.92 Å². The van der Waals surface area contributed by atoms with Crippen LogP contribution in [0.15, 0.2) is 10.5 Å². The van der Waals surface area contributed by atoms with Gasteiger partial charge in [0.15, 0.2) is 0 Å². The van der Waals surface area contributed by atoms with Gasteiger partial charge in [0.05, 0.1) is 13.2 Å². The predicted molar refractivity (Wildman–Crippen MR) is 67.8 cm³/mol. The Kier molecular flexibility index (Phi) is 4.63. The summed E-state index contributed by atoms with van der Waals surface area (Å²) in [5.74, 6) is 2.84. The van der Waals surface area contributed by atoms with E-state index in [4.69, 9.17) is 9.15 Å². The van der Waals surface area contributed by atoms with E-state index < -0.39 is 0 Å². The zero-order valence-electron chi connectivity index (χ0n) is 10.9. The monoisotopic (exact) mass is 237 g/mol. The third-order valence-corrected chi connectivity index (χ3v) is 3.11. The quantitative estimate of drug-likeness (QED) is 0.706. The molecule has 0 bridgehead atoms. The first-order valence-corrected chi connectivity index (χ1v) is 6.66. The molecule has 1 aliphatic carbocycles. The minimum absolute atomic E-state index is 0.694. The lowest BCUT2D eigenvalue weighted by Gasteiger charge is -2.00. The van der Waals surface area contributed by atoms with Gasteiger partial charge in [0.25, 0.3) is 0 Å². The fourth-order valence-electron chi connectivity index (χ4n) is 1.83. The van der Waals surface area contributed by atoms with Gasteiger partial charge in [-0.2, -0.15) is 0 Å². The van der Waals surface area contributed by atoms with Gasteiger partial charge in [-0.25, -0.2) is 0 Å². The smallest absolute Gasteiger partial charge is 0.118 e. The van der Waals surface area contributed by atoms with E-state index in [9.17, 15) is 0 Å². The van der Waals surface area contributed by atoms with Crippen LogP contribution < -0.4 is 5.32 Å². The van der Waals surface area contributed by atoms with E-state index in [0.29, 0.717) is 6.61 Å². The zero-order chi connectivity index (χ0) is 12.1. The number of hydrogen-bond acceptors (Lipinski definition) is 3. The van der Waals surface area contributed by atoms with Crippen LogP contribution in [-0.2, 0) is 17.9 Å². The number of rotatable bonds is 8. The number of hydrogen-bond donors (Lipinski definition) is 1. The molecule has 0 atom stereocenters. The summed E-state index contributed by atoms with van der Waals surface area (Å²) in [6, 6.07) is 2.12. The van der Waals surface area contributed by atoms with Gasteiger partial charge < -0.3 is 14.5 Å². The van der Waals surface area contributed by atoms with Crippen molar-refractivity contribution in [2.45, 2.75) is 46.3 Å². The van der Waals surface area contributed by atoms with E-state index in [-0.39, 0.29) is 0 Å². The van der Waals surface area contributed by atoms with Crippen molar-refractivity contribution in [2.75, 3.05) is 13.2 Å². The van der Waals surface area contributed by atoms with Crippen LogP contribution in [0.5, 0.6) is 0 Å². The van der Waals surface area contributed by atoms with Crippen LogP contribution in [0.1, 0.15) is 43.3 Å². The maximum Gasteiger partial charge on any atom is 0.118 e. The molecule has 1 saturated carbocycles. The molecule has 0 amide bonds. The van der Waals surface area contributed by atoms with Crippen LogP contribution in [0.2, 0.25) is 0 Å². The van der Waals surface area contributed by atoms with Crippen LogP contribution in [0, 0.1) is 12.8 Å². The first-order chi connectivity index (χ1) is 8.29. The normalized spacial score (nSPS) is 15.4. The molecule has 1 aliphatic rings.